The molecule has 1 aliphatic rings. The molecule has 2 unspecified atom stereocenters. The van der Waals surface area contributed by atoms with E-state index in [0.717, 1.165) is 16.7 Å². The number of rotatable bonds is 6. The first kappa shape index (κ1) is 24.2. The highest BCUT2D eigenvalue weighted by Crippen LogP contribution is 2.39. The van der Waals surface area contributed by atoms with E-state index >= 15 is 0 Å². The summed E-state index contributed by atoms with van der Waals surface area (Å²) < 4.78 is 5.34. The van der Waals surface area contributed by atoms with E-state index in [1.165, 1.54) is 13.2 Å². The molecule has 3 aromatic rings. The molecule has 0 bridgehead atoms. The van der Waals surface area contributed by atoms with Crippen molar-refractivity contribution in [2.75, 3.05) is 16.3 Å². The van der Waals surface area contributed by atoms with Crippen LogP contribution in [0.1, 0.15) is 42.4 Å². The Bertz CT molecular complexity index is 1240. The second-order valence-electron chi connectivity index (χ2n) is 8.74. The van der Waals surface area contributed by atoms with Gasteiger partial charge in [-0.05, 0) is 54.3 Å². The van der Waals surface area contributed by atoms with Gasteiger partial charge in [-0.15, -0.1) is 0 Å². The lowest BCUT2D eigenvalue weighted by atomic mass is 9.96. The monoisotopic (exact) mass is 476 g/mol. The van der Waals surface area contributed by atoms with E-state index in [-0.39, 0.29) is 30.0 Å². The molecule has 0 fully saturated rings. The maximum absolute atomic E-state index is 13.2. The van der Waals surface area contributed by atoms with Crippen LogP contribution < -0.4 is 21.3 Å². The second kappa shape index (κ2) is 9.73. The SMILES string of the molecule is CC(=O)N1c2ccc(-c3ccc(C(N)CC(N)C(=O)O)cc3)cc2N(C(=O)c2ccco2)C[C@@H]1C. The first-order chi connectivity index (χ1) is 16.7. The van der Waals surface area contributed by atoms with E-state index in [4.69, 9.17) is 21.0 Å². The van der Waals surface area contributed by atoms with Crippen molar-refractivity contribution in [1.29, 1.82) is 0 Å². The van der Waals surface area contributed by atoms with Crippen LogP contribution in [0.25, 0.3) is 11.1 Å². The topological polar surface area (TPSA) is 143 Å². The van der Waals surface area contributed by atoms with Crippen molar-refractivity contribution in [2.45, 2.75) is 38.4 Å². The van der Waals surface area contributed by atoms with Gasteiger partial charge in [0, 0.05) is 19.5 Å². The number of aliphatic carboxylic acids is 1. The molecule has 0 aliphatic carbocycles. The maximum Gasteiger partial charge on any atom is 0.320 e. The molecule has 0 spiro atoms. The number of anilines is 2. The average Bonchev–Trinajstić information content (AvgIpc) is 3.37. The number of furan rings is 1. The minimum absolute atomic E-state index is 0.102. The van der Waals surface area contributed by atoms with Gasteiger partial charge in [0.1, 0.15) is 6.04 Å². The van der Waals surface area contributed by atoms with Gasteiger partial charge in [-0.1, -0.05) is 30.3 Å². The summed E-state index contributed by atoms with van der Waals surface area (Å²) >= 11 is 0. The highest BCUT2D eigenvalue weighted by atomic mass is 16.4. The number of hydrogen-bond acceptors (Lipinski definition) is 6. The molecule has 35 heavy (non-hydrogen) atoms. The van der Waals surface area contributed by atoms with Gasteiger partial charge in [0.25, 0.3) is 5.91 Å². The predicted octanol–water partition coefficient (Wildman–Crippen LogP) is 3.15. The predicted molar refractivity (Wildman–Crippen MR) is 132 cm³/mol. The Labute approximate surface area is 202 Å². The molecular weight excluding hydrogens is 448 g/mol. The van der Waals surface area contributed by atoms with Crippen LogP contribution in [0, 0.1) is 0 Å². The van der Waals surface area contributed by atoms with Crippen LogP contribution in [-0.2, 0) is 9.59 Å². The Kier molecular flexibility index (Phi) is 6.72. The first-order valence-corrected chi connectivity index (χ1v) is 11.3. The number of carboxylic acids is 1. The summed E-state index contributed by atoms with van der Waals surface area (Å²) in [7, 11) is 0. The molecule has 5 N–H and O–H groups in total. The Morgan fingerprint density at radius 1 is 1.06 bits per heavy atom. The standard InChI is InChI=1S/C26H28N4O5/c1-15-14-29(25(32)24-4-3-11-35-24)23-12-19(9-10-22(23)30(15)16(2)31)17-5-7-18(8-6-17)20(27)13-21(28)26(33)34/h3-12,15,20-21H,13-14,27-28H2,1-2H3,(H,33,34)/t15-,20?,21?/m0/s1. The average molecular weight is 477 g/mol. The van der Waals surface area contributed by atoms with E-state index in [1.807, 2.05) is 49.4 Å². The zero-order valence-corrected chi connectivity index (χ0v) is 19.5. The number of nitrogens with zero attached hydrogens (tertiary/aromatic N) is 2. The minimum atomic E-state index is -1.09. The van der Waals surface area contributed by atoms with Crippen molar-refractivity contribution in [3.8, 4) is 11.1 Å². The number of amides is 2. The van der Waals surface area contributed by atoms with Crippen molar-refractivity contribution in [3.05, 3.63) is 72.2 Å². The van der Waals surface area contributed by atoms with Gasteiger partial charge in [-0.25, -0.2) is 0 Å². The van der Waals surface area contributed by atoms with Crippen LogP contribution in [0.15, 0.2) is 65.3 Å². The zero-order valence-electron chi connectivity index (χ0n) is 19.5. The van der Waals surface area contributed by atoms with E-state index < -0.39 is 18.1 Å². The third kappa shape index (κ3) is 4.82. The molecule has 2 heterocycles. The highest BCUT2D eigenvalue weighted by molar-refractivity contribution is 6.10. The summed E-state index contributed by atoms with van der Waals surface area (Å²) in [5, 5.41) is 9.02. The number of benzene rings is 2. The van der Waals surface area contributed by atoms with Crippen LogP contribution >= 0.6 is 0 Å². The molecule has 1 aliphatic heterocycles. The third-order valence-corrected chi connectivity index (χ3v) is 6.23. The Hall–Kier alpha value is -3.95. The van der Waals surface area contributed by atoms with Crippen LogP contribution in [0.5, 0.6) is 0 Å². The molecule has 2 aromatic carbocycles. The van der Waals surface area contributed by atoms with Crippen molar-refractivity contribution in [3.63, 3.8) is 0 Å². The lowest BCUT2D eigenvalue weighted by Crippen LogP contribution is -2.51. The van der Waals surface area contributed by atoms with Crippen LogP contribution in [0.3, 0.4) is 0 Å². The fourth-order valence-electron chi connectivity index (χ4n) is 4.44. The van der Waals surface area contributed by atoms with Crippen molar-refractivity contribution >= 4 is 29.2 Å². The van der Waals surface area contributed by atoms with Crippen molar-refractivity contribution in [2.24, 2.45) is 11.5 Å². The Morgan fingerprint density at radius 2 is 1.74 bits per heavy atom. The molecule has 1 aromatic heterocycles. The molecular formula is C26H28N4O5. The third-order valence-electron chi connectivity index (χ3n) is 6.23. The van der Waals surface area contributed by atoms with Gasteiger partial charge in [0.2, 0.25) is 5.91 Å². The fourth-order valence-corrected chi connectivity index (χ4v) is 4.44. The summed E-state index contributed by atoms with van der Waals surface area (Å²) in [5.41, 5.74) is 15.5. The summed E-state index contributed by atoms with van der Waals surface area (Å²) in [5.74, 6) is -1.24. The zero-order chi connectivity index (χ0) is 25.3. The van der Waals surface area contributed by atoms with E-state index in [2.05, 4.69) is 0 Å². The Balaban J connectivity index is 1.68. The number of hydrogen-bond donors (Lipinski definition) is 3. The maximum atomic E-state index is 13.2. The first-order valence-electron chi connectivity index (χ1n) is 11.3. The Morgan fingerprint density at radius 3 is 2.34 bits per heavy atom. The van der Waals surface area contributed by atoms with E-state index in [9.17, 15) is 14.4 Å². The van der Waals surface area contributed by atoms with Crippen molar-refractivity contribution in [1.82, 2.24) is 0 Å². The quantitative estimate of drug-likeness (QED) is 0.496. The number of nitrogens with two attached hydrogens (primary N) is 2. The number of carboxylic acid groups (broad SMARTS) is 1. The molecule has 0 radical (unpaired) electrons. The number of carbonyl (C=O) groups is 3. The summed E-state index contributed by atoms with van der Waals surface area (Å²) in [4.78, 5) is 40.0. The lowest BCUT2D eigenvalue weighted by molar-refractivity contribution is -0.138. The molecule has 4 rings (SSSR count). The van der Waals surface area contributed by atoms with Gasteiger partial charge in [0.05, 0.1) is 23.7 Å². The normalized spacial score (nSPS) is 17.0. The largest absolute Gasteiger partial charge is 0.480 e. The van der Waals surface area contributed by atoms with E-state index in [1.54, 1.807) is 21.9 Å². The molecule has 0 saturated heterocycles. The van der Waals surface area contributed by atoms with Crippen LogP contribution in [0.2, 0.25) is 0 Å². The smallest absolute Gasteiger partial charge is 0.320 e. The molecule has 9 nitrogen and oxygen atoms in total. The van der Waals surface area contributed by atoms with Crippen LogP contribution in [0.4, 0.5) is 11.4 Å². The molecule has 2 amide bonds. The van der Waals surface area contributed by atoms with Gasteiger partial charge >= 0.3 is 5.97 Å². The number of fused-ring (bicyclic) bond motifs is 1. The fraction of sp³-hybridized carbons (Fsp3) is 0.269. The summed E-state index contributed by atoms with van der Waals surface area (Å²) in [6.45, 7) is 3.74. The lowest BCUT2D eigenvalue weighted by Gasteiger charge is -2.40. The highest BCUT2D eigenvalue weighted by Gasteiger charge is 2.35. The summed E-state index contributed by atoms with van der Waals surface area (Å²) in [6.07, 6.45) is 1.58. The molecule has 182 valence electrons. The molecule has 3 atom stereocenters. The van der Waals surface area contributed by atoms with Crippen molar-refractivity contribution < 1.29 is 23.9 Å². The minimum Gasteiger partial charge on any atom is -0.480 e. The van der Waals surface area contributed by atoms with Gasteiger partial charge in [0.15, 0.2) is 5.76 Å². The van der Waals surface area contributed by atoms with Gasteiger partial charge in [-0.3, -0.25) is 14.4 Å². The van der Waals surface area contributed by atoms with Gasteiger partial charge in [-0.2, -0.15) is 0 Å². The van der Waals surface area contributed by atoms with Gasteiger partial charge < -0.3 is 30.8 Å². The second-order valence-corrected chi connectivity index (χ2v) is 8.74. The number of carbonyl (C=O) groups excluding carboxylic acids is 2. The molecule has 9 heteroatoms. The summed E-state index contributed by atoms with van der Waals surface area (Å²) in [6, 6.07) is 14.6. The van der Waals surface area contributed by atoms with E-state index in [0.29, 0.717) is 17.9 Å². The van der Waals surface area contributed by atoms with Crippen LogP contribution in [-0.4, -0.2) is 41.5 Å². The molecule has 0 saturated carbocycles.